The summed E-state index contributed by atoms with van der Waals surface area (Å²) in [7, 11) is 0. The van der Waals surface area contributed by atoms with E-state index in [1.165, 1.54) is 0 Å². The number of hydrogen-bond donors (Lipinski definition) is 1. The topological polar surface area (TPSA) is 35.2 Å². The molecule has 2 nitrogen and oxygen atoms in total. The monoisotopic (exact) mass is 349 g/mol. The van der Waals surface area contributed by atoms with E-state index in [1.54, 1.807) is 0 Å². The number of ether oxygens (including phenoxy) is 1. The van der Waals surface area contributed by atoms with Crippen molar-refractivity contribution in [3.8, 4) is 11.5 Å². The minimum absolute atomic E-state index is 0.407. The molecule has 0 aromatic heterocycles. The smallest absolute Gasteiger partial charge is 0.128 e. The molecule has 0 saturated heterocycles. The van der Waals surface area contributed by atoms with Crippen molar-refractivity contribution in [1.29, 1.82) is 0 Å². The number of hydrogen-bond acceptors (Lipinski definition) is 2. The number of benzene rings is 2. The van der Waals surface area contributed by atoms with E-state index < -0.39 is 0 Å². The zero-order valence-electron chi connectivity index (χ0n) is 11.7. The second-order valence-corrected chi connectivity index (χ2v) is 6.05. The van der Waals surface area contributed by atoms with Crippen LogP contribution in [0.25, 0.3) is 0 Å². The molecule has 0 unspecified atom stereocenters. The molecule has 104 valence electrons. The summed E-state index contributed by atoms with van der Waals surface area (Å²) < 4.78 is 7.02. The lowest BCUT2D eigenvalue weighted by atomic mass is 10.1. The van der Waals surface area contributed by atoms with Crippen LogP contribution >= 0.6 is 28.1 Å². The largest absolute Gasteiger partial charge is 0.457 e. The predicted molar refractivity (Wildman–Crippen MR) is 90.8 cm³/mol. The molecule has 0 bridgehead atoms. The molecule has 4 heteroatoms. The van der Waals surface area contributed by atoms with Gasteiger partial charge in [0.25, 0.3) is 0 Å². The molecule has 2 rings (SSSR count). The molecular formula is C16H16BrNOS. The molecule has 0 aliphatic heterocycles. The van der Waals surface area contributed by atoms with E-state index in [0.29, 0.717) is 4.99 Å². The molecule has 0 fully saturated rings. The Labute approximate surface area is 133 Å². The number of halogens is 1. The zero-order chi connectivity index (χ0) is 14.9. The minimum atomic E-state index is 0.407. The van der Waals surface area contributed by atoms with Crippen molar-refractivity contribution >= 4 is 33.1 Å². The van der Waals surface area contributed by atoms with Crippen LogP contribution < -0.4 is 10.5 Å². The van der Waals surface area contributed by atoms with Gasteiger partial charge in [-0.1, -0.05) is 28.1 Å². The van der Waals surface area contributed by atoms with Gasteiger partial charge in [-0.05, 0) is 67.8 Å². The summed E-state index contributed by atoms with van der Waals surface area (Å²) in [6.45, 7) is 6.07. The molecule has 0 spiro atoms. The Bertz CT molecular complexity index is 659. The van der Waals surface area contributed by atoms with Gasteiger partial charge in [0.2, 0.25) is 0 Å². The highest BCUT2D eigenvalue weighted by molar-refractivity contribution is 9.10. The molecule has 0 aliphatic carbocycles. The van der Waals surface area contributed by atoms with Crippen LogP contribution in [0.3, 0.4) is 0 Å². The van der Waals surface area contributed by atoms with Gasteiger partial charge in [-0.3, -0.25) is 0 Å². The zero-order valence-corrected chi connectivity index (χ0v) is 14.1. The highest BCUT2D eigenvalue weighted by Crippen LogP contribution is 2.30. The van der Waals surface area contributed by atoms with Crippen LogP contribution in [0.5, 0.6) is 11.5 Å². The standard InChI is InChI=1S/C16H16BrNOS/c1-9-6-12(4-5-14(9)16(18)20)19-13-7-10(2)15(17)11(3)8-13/h4-8H,1-3H3,(H2,18,20). The maximum atomic E-state index is 5.91. The Morgan fingerprint density at radius 3 is 2.05 bits per heavy atom. The average Bonchev–Trinajstić information content (AvgIpc) is 2.35. The van der Waals surface area contributed by atoms with Crippen LogP contribution in [0.15, 0.2) is 34.8 Å². The molecule has 2 aromatic carbocycles. The first-order valence-corrected chi connectivity index (χ1v) is 7.43. The quantitative estimate of drug-likeness (QED) is 0.808. The third-order valence-electron chi connectivity index (χ3n) is 3.11. The number of rotatable bonds is 3. The van der Waals surface area contributed by atoms with Gasteiger partial charge in [0.1, 0.15) is 16.5 Å². The Kier molecular flexibility index (Phi) is 4.45. The van der Waals surface area contributed by atoms with Gasteiger partial charge in [0, 0.05) is 10.0 Å². The van der Waals surface area contributed by atoms with E-state index in [2.05, 4.69) is 15.9 Å². The van der Waals surface area contributed by atoms with Gasteiger partial charge in [0.15, 0.2) is 0 Å². The van der Waals surface area contributed by atoms with Crippen molar-refractivity contribution in [3.63, 3.8) is 0 Å². The molecule has 20 heavy (non-hydrogen) atoms. The average molecular weight is 350 g/mol. The van der Waals surface area contributed by atoms with Crippen molar-refractivity contribution in [2.24, 2.45) is 5.73 Å². The van der Waals surface area contributed by atoms with E-state index in [1.807, 2.05) is 51.1 Å². The maximum absolute atomic E-state index is 5.91. The summed E-state index contributed by atoms with van der Waals surface area (Å²) in [5, 5.41) is 0. The second-order valence-electron chi connectivity index (χ2n) is 4.81. The Balaban J connectivity index is 2.31. The SMILES string of the molecule is Cc1cc(Oc2cc(C)c(Br)c(C)c2)ccc1C(N)=S. The normalized spacial score (nSPS) is 10.4. The summed E-state index contributed by atoms with van der Waals surface area (Å²) >= 11 is 8.55. The molecule has 0 amide bonds. The molecular weight excluding hydrogens is 334 g/mol. The van der Waals surface area contributed by atoms with E-state index in [0.717, 1.165) is 38.2 Å². The lowest BCUT2D eigenvalue weighted by Crippen LogP contribution is -2.10. The number of aryl methyl sites for hydroxylation is 3. The van der Waals surface area contributed by atoms with Crippen molar-refractivity contribution in [2.45, 2.75) is 20.8 Å². The molecule has 2 N–H and O–H groups in total. The van der Waals surface area contributed by atoms with Crippen LogP contribution in [-0.4, -0.2) is 4.99 Å². The van der Waals surface area contributed by atoms with Crippen LogP contribution in [0, 0.1) is 20.8 Å². The molecule has 0 saturated carbocycles. The van der Waals surface area contributed by atoms with Crippen LogP contribution in [0.4, 0.5) is 0 Å². The van der Waals surface area contributed by atoms with E-state index in [9.17, 15) is 0 Å². The highest BCUT2D eigenvalue weighted by Gasteiger charge is 2.07. The maximum Gasteiger partial charge on any atom is 0.128 e. The van der Waals surface area contributed by atoms with Crippen molar-refractivity contribution in [3.05, 3.63) is 57.1 Å². The van der Waals surface area contributed by atoms with Crippen molar-refractivity contribution < 1.29 is 4.74 Å². The van der Waals surface area contributed by atoms with Crippen LogP contribution in [-0.2, 0) is 0 Å². The molecule has 0 aliphatic rings. The summed E-state index contributed by atoms with van der Waals surface area (Å²) in [4.78, 5) is 0.407. The van der Waals surface area contributed by atoms with Gasteiger partial charge in [-0.2, -0.15) is 0 Å². The van der Waals surface area contributed by atoms with E-state index >= 15 is 0 Å². The van der Waals surface area contributed by atoms with E-state index in [-0.39, 0.29) is 0 Å². The third kappa shape index (κ3) is 3.19. The highest BCUT2D eigenvalue weighted by atomic mass is 79.9. The van der Waals surface area contributed by atoms with Gasteiger partial charge in [0.05, 0.1) is 0 Å². The lowest BCUT2D eigenvalue weighted by molar-refractivity contribution is 0.481. The second kappa shape index (κ2) is 5.94. The lowest BCUT2D eigenvalue weighted by Gasteiger charge is -2.11. The predicted octanol–water partition coefficient (Wildman–Crippen LogP) is 4.80. The van der Waals surface area contributed by atoms with Crippen molar-refractivity contribution in [1.82, 2.24) is 0 Å². The first kappa shape index (κ1) is 15.0. The Morgan fingerprint density at radius 2 is 1.55 bits per heavy atom. The van der Waals surface area contributed by atoms with E-state index in [4.69, 9.17) is 22.7 Å². The summed E-state index contributed by atoms with van der Waals surface area (Å²) in [5.41, 5.74) is 9.86. The number of thiocarbonyl (C=S) groups is 1. The summed E-state index contributed by atoms with van der Waals surface area (Å²) in [6, 6.07) is 9.74. The van der Waals surface area contributed by atoms with Crippen LogP contribution in [0.1, 0.15) is 22.3 Å². The molecule has 0 heterocycles. The fourth-order valence-electron chi connectivity index (χ4n) is 2.08. The Hall–Kier alpha value is -1.39. The fourth-order valence-corrected chi connectivity index (χ4v) is 2.54. The van der Waals surface area contributed by atoms with Gasteiger partial charge in [-0.15, -0.1) is 0 Å². The van der Waals surface area contributed by atoms with Crippen molar-refractivity contribution in [2.75, 3.05) is 0 Å². The first-order chi connectivity index (χ1) is 9.38. The molecule has 2 aromatic rings. The van der Waals surface area contributed by atoms with Gasteiger partial charge in [-0.25, -0.2) is 0 Å². The summed E-state index contributed by atoms with van der Waals surface area (Å²) in [6.07, 6.45) is 0. The summed E-state index contributed by atoms with van der Waals surface area (Å²) in [5.74, 6) is 1.61. The molecule has 0 radical (unpaired) electrons. The van der Waals surface area contributed by atoms with Gasteiger partial charge < -0.3 is 10.5 Å². The number of nitrogens with two attached hydrogens (primary N) is 1. The van der Waals surface area contributed by atoms with Gasteiger partial charge >= 0.3 is 0 Å². The third-order valence-corrected chi connectivity index (χ3v) is 4.58. The minimum Gasteiger partial charge on any atom is -0.457 e. The Morgan fingerprint density at radius 1 is 1.00 bits per heavy atom. The van der Waals surface area contributed by atoms with Crippen LogP contribution in [0.2, 0.25) is 0 Å². The first-order valence-electron chi connectivity index (χ1n) is 6.23. The fraction of sp³-hybridized carbons (Fsp3) is 0.188. The molecule has 0 atom stereocenters.